The molecule has 2 aromatic carbocycles. The van der Waals surface area contributed by atoms with E-state index in [2.05, 4.69) is 10.9 Å². The smallest absolute Gasteiger partial charge is 0.340 e. The minimum absolute atomic E-state index is 0.222. The third-order valence-corrected chi connectivity index (χ3v) is 4.79. The summed E-state index contributed by atoms with van der Waals surface area (Å²) in [5.74, 6) is -2.99. The lowest BCUT2D eigenvalue weighted by Gasteiger charge is -2.10. The second-order valence-electron chi connectivity index (χ2n) is 6.00. The molecule has 2 amide bonds. The first-order chi connectivity index (χ1) is 14.5. The Bertz CT molecular complexity index is 1070. The molecule has 0 saturated carbocycles. The molecule has 6 nitrogen and oxygen atoms in total. The van der Waals surface area contributed by atoms with E-state index in [1.54, 1.807) is 18.2 Å². The third kappa shape index (κ3) is 5.62. The number of hydrazine groups is 1. The number of ether oxygens (including phenoxy) is 1. The highest BCUT2D eigenvalue weighted by Crippen LogP contribution is 2.24. The molecule has 0 bridgehead atoms. The van der Waals surface area contributed by atoms with Crippen LogP contribution in [-0.2, 0) is 14.3 Å². The van der Waals surface area contributed by atoms with E-state index >= 15 is 0 Å². The van der Waals surface area contributed by atoms with E-state index in [0.717, 1.165) is 11.6 Å². The lowest BCUT2D eigenvalue weighted by Crippen LogP contribution is -2.43. The van der Waals surface area contributed by atoms with E-state index in [1.807, 2.05) is 35.7 Å². The van der Waals surface area contributed by atoms with Crippen LogP contribution >= 0.6 is 11.3 Å². The largest absolute Gasteiger partial charge is 0.452 e. The molecule has 3 aromatic rings. The molecule has 1 aromatic heterocycles. The summed E-state index contributed by atoms with van der Waals surface area (Å²) in [5, 5.41) is 1.83. The number of rotatable bonds is 6. The molecule has 0 aliphatic rings. The molecule has 0 aliphatic heterocycles. The van der Waals surface area contributed by atoms with Gasteiger partial charge < -0.3 is 4.74 Å². The maximum absolute atomic E-state index is 13.6. The lowest BCUT2D eigenvalue weighted by molar-refractivity contribution is -0.143. The summed E-state index contributed by atoms with van der Waals surface area (Å²) in [4.78, 5) is 37.1. The normalized spacial score (nSPS) is 10.9. The van der Waals surface area contributed by atoms with Crippen LogP contribution in [0, 0.1) is 5.82 Å². The van der Waals surface area contributed by atoms with Crippen LogP contribution in [0.5, 0.6) is 0 Å². The molecule has 0 aliphatic carbocycles. The van der Waals surface area contributed by atoms with E-state index in [9.17, 15) is 18.8 Å². The van der Waals surface area contributed by atoms with E-state index in [-0.39, 0.29) is 5.56 Å². The molecule has 0 radical (unpaired) electrons. The highest BCUT2D eigenvalue weighted by atomic mass is 32.1. The van der Waals surface area contributed by atoms with Gasteiger partial charge in [-0.2, -0.15) is 0 Å². The number of hydrogen-bond acceptors (Lipinski definition) is 5. The molecule has 0 unspecified atom stereocenters. The van der Waals surface area contributed by atoms with Gasteiger partial charge in [-0.25, -0.2) is 9.18 Å². The van der Waals surface area contributed by atoms with Crippen molar-refractivity contribution in [3.05, 3.63) is 93.9 Å². The summed E-state index contributed by atoms with van der Waals surface area (Å²) < 4.78 is 18.7. The van der Waals surface area contributed by atoms with Crippen molar-refractivity contribution >= 4 is 40.8 Å². The molecule has 0 saturated heterocycles. The molecule has 1 heterocycles. The van der Waals surface area contributed by atoms with Crippen LogP contribution in [0.15, 0.2) is 72.1 Å². The number of benzene rings is 2. The molecular formula is C22H17FN2O4S. The van der Waals surface area contributed by atoms with Gasteiger partial charge in [-0.3, -0.25) is 20.4 Å². The van der Waals surface area contributed by atoms with E-state index in [1.165, 1.54) is 29.5 Å². The Morgan fingerprint density at radius 1 is 0.933 bits per heavy atom. The predicted octanol–water partition coefficient (Wildman–Crippen LogP) is 3.43. The van der Waals surface area contributed by atoms with Crippen molar-refractivity contribution < 1.29 is 23.5 Å². The lowest BCUT2D eigenvalue weighted by atomic mass is 10.1. The van der Waals surface area contributed by atoms with Crippen molar-refractivity contribution in [2.45, 2.75) is 0 Å². The molecule has 30 heavy (non-hydrogen) atoms. The van der Waals surface area contributed by atoms with Gasteiger partial charge in [0.15, 0.2) is 6.61 Å². The number of thiophene rings is 1. The second kappa shape index (κ2) is 10.1. The van der Waals surface area contributed by atoms with Gasteiger partial charge in [0.1, 0.15) is 5.82 Å². The van der Waals surface area contributed by atoms with Crippen LogP contribution in [0.2, 0.25) is 0 Å². The van der Waals surface area contributed by atoms with Gasteiger partial charge in [-0.1, -0.05) is 48.5 Å². The topological polar surface area (TPSA) is 84.5 Å². The first-order valence-corrected chi connectivity index (χ1v) is 9.74. The van der Waals surface area contributed by atoms with E-state index in [4.69, 9.17) is 4.74 Å². The average molecular weight is 424 g/mol. The minimum Gasteiger partial charge on any atom is -0.452 e. The number of carbonyl (C=O) groups is 3. The molecule has 0 fully saturated rings. The molecule has 8 heteroatoms. The van der Waals surface area contributed by atoms with Gasteiger partial charge in [0.2, 0.25) is 0 Å². The van der Waals surface area contributed by atoms with Crippen LogP contribution < -0.4 is 10.9 Å². The average Bonchev–Trinajstić information content (AvgIpc) is 3.29. The van der Waals surface area contributed by atoms with E-state index < -0.39 is 30.2 Å². The Morgan fingerprint density at radius 3 is 2.37 bits per heavy atom. The number of nitrogens with one attached hydrogen (secondary N) is 2. The SMILES string of the molecule is O=C(COC(=O)/C(=C/c1ccccc1)c1cccs1)NNC(=O)c1ccccc1F. The molecule has 0 spiro atoms. The van der Waals surface area contributed by atoms with Gasteiger partial charge in [0, 0.05) is 4.88 Å². The van der Waals surface area contributed by atoms with Gasteiger partial charge in [0.25, 0.3) is 11.8 Å². The Kier molecular flexibility index (Phi) is 7.07. The predicted molar refractivity (Wildman–Crippen MR) is 112 cm³/mol. The molecule has 3 rings (SSSR count). The van der Waals surface area contributed by atoms with Gasteiger partial charge >= 0.3 is 5.97 Å². The van der Waals surface area contributed by atoms with Gasteiger partial charge in [0.05, 0.1) is 11.1 Å². The zero-order valence-electron chi connectivity index (χ0n) is 15.6. The Hall–Kier alpha value is -3.78. The van der Waals surface area contributed by atoms with Crippen LogP contribution in [0.1, 0.15) is 20.8 Å². The first-order valence-electron chi connectivity index (χ1n) is 8.86. The van der Waals surface area contributed by atoms with Crippen LogP contribution in [0.3, 0.4) is 0 Å². The monoisotopic (exact) mass is 424 g/mol. The quantitative estimate of drug-likeness (QED) is 0.361. The number of esters is 1. The second-order valence-corrected chi connectivity index (χ2v) is 6.95. The van der Waals surface area contributed by atoms with Gasteiger partial charge in [-0.05, 0) is 35.2 Å². The first kappa shape index (κ1) is 20.9. The van der Waals surface area contributed by atoms with Crippen molar-refractivity contribution in [2.75, 3.05) is 6.61 Å². The number of halogens is 1. The summed E-state index contributed by atoms with van der Waals surface area (Å²) >= 11 is 1.36. The summed E-state index contributed by atoms with van der Waals surface area (Å²) in [6, 6.07) is 18.1. The molecular weight excluding hydrogens is 407 g/mol. The zero-order valence-corrected chi connectivity index (χ0v) is 16.4. The van der Waals surface area contributed by atoms with Crippen molar-refractivity contribution in [3.8, 4) is 0 Å². The fourth-order valence-electron chi connectivity index (χ4n) is 2.46. The van der Waals surface area contributed by atoms with E-state index in [0.29, 0.717) is 10.5 Å². The maximum atomic E-state index is 13.6. The standard InChI is InChI=1S/C22H17FN2O4S/c23-18-10-5-4-9-16(18)21(27)25-24-20(26)14-29-22(28)17(19-11-6-12-30-19)13-15-7-2-1-3-8-15/h1-13H,14H2,(H,24,26)(H,25,27)/b17-13+. The summed E-state index contributed by atoms with van der Waals surface area (Å²) in [6.07, 6.45) is 1.67. The number of hydrogen-bond donors (Lipinski definition) is 2. The Balaban J connectivity index is 1.59. The fraction of sp³-hybridized carbons (Fsp3) is 0.0455. The van der Waals surface area contributed by atoms with Crippen molar-refractivity contribution in [1.82, 2.24) is 10.9 Å². The molecule has 2 N–H and O–H groups in total. The van der Waals surface area contributed by atoms with Crippen molar-refractivity contribution in [2.24, 2.45) is 0 Å². The Morgan fingerprint density at radius 2 is 1.67 bits per heavy atom. The van der Waals surface area contributed by atoms with Crippen LogP contribution in [0.25, 0.3) is 11.6 Å². The van der Waals surface area contributed by atoms with Crippen LogP contribution in [-0.4, -0.2) is 24.4 Å². The highest BCUT2D eigenvalue weighted by molar-refractivity contribution is 7.11. The summed E-state index contributed by atoms with van der Waals surface area (Å²) in [7, 11) is 0. The number of amides is 2. The number of carbonyl (C=O) groups excluding carboxylic acids is 3. The van der Waals surface area contributed by atoms with Crippen molar-refractivity contribution in [1.29, 1.82) is 0 Å². The van der Waals surface area contributed by atoms with Crippen molar-refractivity contribution in [3.63, 3.8) is 0 Å². The minimum atomic E-state index is -0.823. The highest BCUT2D eigenvalue weighted by Gasteiger charge is 2.17. The van der Waals surface area contributed by atoms with Gasteiger partial charge in [-0.15, -0.1) is 11.3 Å². The Labute approximate surface area is 176 Å². The molecule has 152 valence electrons. The molecule has 0 atom stereocenters. The van der Waals surface area contributed by atoms with Crippen LogP contribution in [0.4, 0.5) is 4.39 Å². The summed E-state index contributed by atoms with van der Waals surface area (Å²) in [6.45, 7) is -0.617. The maximum Gasteiger partial charge on any atom is 0.340 e. The zero-order chi connectivity index (χ0) is 21.3. The third-order valence-electron chi connectivity index (χ3n) is 3.89. The fourth-order valence-corrected chi connectivity index (χ4v) is 3.19. The summed E-state index contributed by atoms with van der Waals surface area (Å²) in [5.41, 5.74) is 5.05.